The molecule has 0 bridgehead atoms. The summed E-state index contributed by atoms with van der Waals surface area (Å²) in [6.45, 7) is 0.553. The number of nitrogens with one attached hydrogen (secondary N) is 1. The molecule has 0 aliphatic carbocycles. The summed E-state index contributed by atoms with van der Waals surface area (Å²) in [4.78, 5) is 0. The number of hydrogen-bond acceptors (Lipinski definition) is 5. The quantitative estimate of drug-likeness (QED) is 0.797. The van der Waals surface area contributed by atoms with Crippen molar-refractivity contribution in [2.24, 2.45) is 10.1 Å². The molecule has 104 valence electrons. The second-order valence-corrected chi connectivity index (χ2v) is 6.25. The molecule has 0 unspecified atom stereocenters. The Morgan fingerprint density at radius 3 is 3.00 bits per heavy atom. The van der Waals surface area contributed by atoms with Crippen LogP contribution in [0, 0.1) is 0 Å². The summed E-state index contributed by atoms with van der Waals surface area (Å²) in [5.41, 5.74) is 6.60. The zero-order valence-electron chi connectivity index (χ0n) is 10.4. The first-order valence-electron chi connectivity index (χ1n) is 5.67. The van der Waals surface area contributed by atoms with Crippen molar-refractivity contribution in [3.8, 4) is 5.75 Å². The van der Waals surface area contributed by atoms with E-state index in [2.05, 4.69) is 9.12 Å². The Hall–Kier alpha value is -1.41. The van der Waals surface area contributed by atoms with Crippen LogP contribution >= 0.6 is 11.8 Å². The molecule has 1 heterocycles. The van der Waals surface area contributed by atoms with Gasteiger partial charge >= 0.3 is 10.2 Å². The minimum absolute atomic E-state index is 0.0470. The number of ether oxygens (including phenoxy) is 1. The maximum absolute atomic E-state index is 11.4. The highest BCUT2D eigenvalue weighted by molar-refractivity contribution is 7.98. The molecule has 1 aliphatic heterocycles. The predicted molar refractivity (Wildman–Crippen MR) is 78.2 cm³/mol. The van der Waals surface area contributed by atoms with Crippen LogP contribution in [-0.2, 0) is 10.2 Å². The van der Waals surface area contributed by atoms with Crippen LogP contribution in [0.15, 0.2) is 22.6 Å². The molecule has 0 radical (unpaired) electrons. The van der Waals surface area contributed by atoms with Crippen LogP contribution in [0.2, 0.25) is 0 Å². The molecular weight excluding hydrogens is 286 g/mol. The van der Waals surface area contributed by atoms with Gasteiger partial charge in [0.05, 0.1) is 17.9 Å². The predicted octanol–water partition coefficient (Wildman–Crippen LogP) is 1.19. The Bertz CT molecular complexity index is 599. The number of benzene rings is 1. The smallest absolute Gasteiger partial charge is 0.344 e. The fourth-order valence-corrected chi connectivity index (χ4v) is 2.97. The van der Waals surface area contributed by atoms with Gasteiger partial charge in [0.25, 0.3) is 0 Å². The largest absolute Gasteiger partial charge is 0.493 e. The topological polar surface area (TPSA) is 93.8 Å². The van der Waals surface area contributed by atoms with E-state index in [0.717, 1.165) is 12.2 Å². The molecule has 6 nitrogen and oxygen atoms in total. The van der Waals surface area contributed by atoms with E-state index in [1.807, 2.05) is 6.26 Å². The van der Waals surface area contributed by atoms with Crippen LogP contribution in [0.3, 0.4) is 0 Å². The van der Waals surface area contributed by atoms with Gasteiger partial charge in [-0.25, -0.2) is 0 Å². The highest BCUT2D eigenvalue weighted by atomic mass is 32.2. The van der Waals surface area contributed by atoms with Gasteiger partial charge in [-0.2, -0.15) is 20.2 Å². The second kappa shape index (κ2) is 5.70. The van der Waals surface area contributed by atoms with Gasteiger partial charge in [0.1, 0.15) is 5.75 Å². The van der Waals surface area contributed by atoms with Crippen LogP contribution in [0.5, 0.6) is 5.75 Å². The van der Waals surface area contributed by atoms with Gasteiger partial charge < -0.3 is 10.5 Å². The van der Waals surface area contributed by atoms with Crippen molar-refractivity contribution in [2.45, 2.75) is 6.42 Å². The van der Waals surface area contributed by atoms with Crippen molar-refractivity contribution in [1.82, 2.24) is 0 Å². The zero-order valence-corrected chi connectivity index (χ0v) is 12.1. The summed E-state index contributed by atoms with van der Waals surface area (Å²) in [5, 5.41) is 0. The molecule has 1 aliphatic rings. The average molecular weight is 301 g/mol. The molecule has 0 aromatic heterocycles. The number of nitrogens with two attached hydrogens (primary N) is 1. The summed E-state index contributed by atoms with van der Waals surface area (Å²) in [5.74, 6) is 1.50. The lowest BCUT2D eigenvalue weighted by Crippen LogP contribution is -2.27. The van der Waals surface area contributed by atoms with Gasteiger partial charge in [-0.1, -0.05) is 6.07 Å². The molecule has 0 atom stereocenters. The van der Waals surface area contributed by atoms with Gasteiger partial charge in [-0.15, -0.1) is 4.40 Å². The molecule has 0 spiro atoms. The normalized spacial score (nSPS) is 16.2. The molecule has 8 heteroatoms. The van der Waals surface area contributed by atoms with Gasteiger partial charge in [-0.05, 0) is 30.6 Å². The molecule has 0 amide bonds. The Balaban J connectivity index is 2.24. The van der Waals surface area contributed by atoms with Crippen LogP contribution in [0.25, 0.3) is 0 Å². The molecule has 0 saturated carbocycles. The van der Waals surface area contributed by atoms with Crippen molar-refractivity contribution in [3.63, 3.8) is 0 Å². The van der Waals surface area contributed by atoms with Crippen molar-refractivity contribution in [3.05, 3.63) is 23.8 Å². The van der Waals surface area contributed by atoms with E-state index >= 15 is 0 Å². The van der Waals surface area contributed by atoms with Crippen molar-refractivity contribution < 1.29 is 13.2 Å². The Kier molecular flexibility index (Phi) is 4.20. The minimum Gasteiger partial charge on any atom is -0.493 e. The molecule has 1 aromatic carbocycles. The van der Waals surface area contributed by atoms with Gasteiger partial charge in [0.2, 0.25) is 0 Å². The third kappa shape index (κ3) is 3.32. The van der Waals surface area contributed by atoms with Crippen LogP contribution in [0.4, 0.5) is 5.69 Å². The number of anilines is 1. The number of thioether (sulfide) groups is 1. The standard InChI is InChI=1S/C11H15N3O3S2/c1-18-7-3-6-17-9-5-2-4-8-10(9)11(12)14-19(15,16)13-8/h2,4-5,13H,3,6-7H2,1H3,(H2,12,14). The lowest BCUT2D eigenvalue weighted by Gasteiger charge is -2.18. The van der Waals surface area contributed by atoms with E-state index in [0.29, 0.717) is 23.6 Å². The molecule has 19 heavy (non-hydrogen) atoms. The number of nitrogens with zero attached hydrogens (tertiary/aromatic N) is 1. The van der Waals surface area contributed by atoms with E-state index in [1.54, 1.807) is 30.0 Å². The molecule has 0 saturated heterocycles. The van der Waals surface area contributed by atoms with E-state index in [9.17, 15) is 8.42 Å². The summed E-state index contributed by atoms with van der Waals surface area (Å²) in [6, 6.07) is 5.09. The van der Waals surface area contributed by atoms with E-state index < -0.39 is 10.2 Å². The molecule has 3 N–H and O–H groups in total. The summed E-state index contributed by atoms with van der Waals surface area (Å²) in [7, 11) is -3.74. The third-order valence-corrected chi connectivity index (χ3v) is 4.10. The van der Waals surface area contributed by atoms with Gasteiger partial charge in [-0.3, -0.25) is 4.72 Å². The lowest BCUT2D eigenvalue weighted by atomic mass is 10.1. The summed E-state index contributed by atoms with van der Waals surface area (Å²) >= 11 is 1.75. The van der Waals surface area contributed by atoms with Crippen LogP contribution < -0.4 is 15.2 Å². The number of amidine groups is 1. The maximum Gasteiger partial charge on any atom is 0.344 e. The maximum atomic E-state index is 11.4. The minimum atomic E-state index is -3.74. The van der Waals surface area contributed by atoms with Crippen molar-refractivity contribution in [2.75, 3.05) is 23.3 Å². The molecule has 1 aromatic rings. The van der Waals surface area contributed by atoms with Gasteiger partial charge in [0.15, 0.2) is 5.84 Å². The number of rotatable bonds is 5. The first-order chi connectivity index (χ1) is 9.03. The van der Waals surface area contributed by atoms with E-state index in [1.165, 1.54) is 0 Å². The average Bonchev–Trinajstić information content (AvgIpc) is 2.32. The third-order valence-electron chi connectivity index (χ3n) is 2.49. The zero-order chi connectivity index (χ0) is 13.9. The SMILES string of the molecule is CSCCCOc1cccc2c1C(N)=NS(=O)(=O)N2. The first-order valence-corrected chi connectivity index (χ1v) is 8.50. The van der Waals surface area contributed by atoms with Crippen LogP contribution in [-0.4, -0.2) is 32.9 Å². The Labute approximate surface area is 116 Å². The van der Waals surface area contributed by atoms with E-state index in [4.69, 9.17) is 10.5 Å². The lowest BCUT2D eigenvalue weighted by molar-refractivity contribution is 0.318. The fourth-order valence-electron chi connectivity index (χ4n) is 1.72. The number of fused-ring (bicyclic) bond motifs is 1. The van der Waals surface area contributed by atoms with E-state index in [-0.39, 0.29) is 5.84 Å². The fraction of sp³-hybridized carbons (Fsp3) is 0.364. The van der Waals surface area contributed by atoms with Crippen LogP contribution in [0.1, 0.15) is 12.0 Å². The molecule has 2 rings (SSSR count). The Morgan fingerprint density at radius 2 is 2.26 bits per heavy atom. The highest BCUT2D eigenvalue weighted by Gasteiger charge is 2.24. The molecule has 0 fully saturated rings. The van der Waals surface area contributed by atoms with Crippen molar-refractivity contribution >= 4 is 33.5 Å². The number of hydrogen-bond donors (Lipinski definition) is 2. The summed E-state index contributed by atoms with van der Waals surface area (Å²) < 4.78 is 34.2. The molecular formula is C11H15N3O3S2. The monoisotopic (exact) mass is 301 g/mol. The first kappa shape index (κ1) is 14.0. The highest BCUT2D eigenvalue weighted by Crippen LogP contribution is 2.30. The van der Waals surface area contributed by atoms with Crippen molar-refractivity contribution in [1.29, 1.82) is 0 Å². The second-order valence-electron chi connectivity index (χ2n) is 3.93. The van der Waals surface area contributed by atoms with Gasteiger partial charge in [0, 0.05) is 0 Å². The Morgan fingerprint density at radius 1 is 1.47 bits per heavy atom. The summed E-state index contributed by atoms with van der Waals surface area (Å²) in [6.07, 6.45) is 2.94.